The predicted octanol–water partition coefficient (Wildman–Crippen LogP) is 4.11. The Hall–Kier alpha value is -1.13. The lowest BCUT2D eigenvalue weighted by Gasteiger charge is -2.05. The summed E-state index contributed by atoms with van der Waals surface area (Å²) in [6.45, 7) is 2.78. The van der Waals surface area contributed by atoms with E-state index in [4.69, 9.17) is 0 Å². The number of thiophene rings is 1. The average molecular weight is 352 g/mol. The number of benzene rings is 1. The largest absolute Gasteiger partial charge is 0.356 e. The minimum atomic E-state index is 0.126. The monoisotopic (exact) mass is 351 g/mol. The molecule has 0 fully saturated rings. The molecule has 1 N–H and O–H groups in total. The molecule has 2 nitrogen and oxygen atoms in total. The SMILES string of the molecule is Cc1ccc(CCC(=O)NCCc2ccc(Br)s2)cc1. The number of hydrogen-bond acceptors (Lipinski definition) is 2. The highest BCUT2D eigenvalue weighted by Gasteiger charge is 2.03. The van der Waals surface area contributed by atoms with E-state index in [1.165, 1.54) is 16.0 Å². The smallest absolute Gasteiger partial charge is 0.220 e. The van der Waals surface area contributed by atoms with Crippen LogP contribution in [0.25, 0.3) is 0 Å². The van der Waals surface area contributed by atoms with Crippen molar-refractivity contribution in [1.82, 2.24) is 5.32 Å². The van der Waals surface area contributed by atoms with E-state index in [0.29, 0.717) is 13.0 Å². The molecule has 2 rings (SSSR count). The highest BCUT2D eigenvalue weighted by Crippen LogP contribution is 2.22. The van der Waals surface area contributed by atoms with Crippen LogP contribution in [0.2, 0.25) is 0 Å². The lowest BCUT2D eigenvalue weighted by Crippen LogP contribution is -2.25. The third kappa shape index (κ3) is 5.10. The summed E-state index contributed by atoms with van der Waals surface area (Å²) < 4.78 is 1.14. The van der Waals surface area contributed by atoms with E-state index in [-0.39, 0.29) is 5.91 Å². The van der Waals surface area contributed by atoms with E-state index >= 15 is 0 Å². The van der Waals surface area contributed by atoms with Gasteiger partial charge in [-0.1, -0.05) is 29.8 Å². The first-order valence-electron chi connectivity index (χ1n) is 6.70. The summed E-state index contributed by atoms with van der Waals surface area (Å²) in [4.78, 5) is 13.0. The zero-order chi connectivity index (χ0) is 14.4. The van der Waals surface area contributed by atoms with Crippen LogP contribution in [-0.2, 0) is 17.6 Å². The summed E-state index contributed by atoms with van der Waals surface area (Å²) in [5.41, 5.74) is 2.47. The first kappa shape index (κ1) is 15.3. The summed E-state index contributed by atoms with van der Waals surface area (Å²) in [6.07, 6.45) is 2.25. The second-order valence-corrected chi connectivity index (χ2v) is 7.34. The summed E-state index contributed by atoms with van der Waals surface area (Å²) in [5.74, 6) is 0.126. The van der Waals surface area contributed by atoms with Gasteiger partial charge in [-0.2, -0.15) is 0 Å². The molecule has 0 saturated carbocycles. The van der Waals surface area contributed by atoms with Crippen LogP contribution in [0.4, 0.5) is 0 Å². The maximum atomic E-state index is 11.8. The van der Waals surface area contributed by atoms with Crippen LogP contribution in [0.5, 0.6) is 0 Å². The molecule has 1 aromatic carbocycles. The normalized spacial score (nSPS) is 10.5. The minimum Gasteiger partial charge on any atom is -0.356 e. The third-order valence-electron chi connectivity index (χ3n) is 3.08. The molecule has 1 heterocycles. The summed E-state index contributed by atoms with van der Waals surface area (Å²) >= 11 is 5.16. The zero-order valence-electron chi connectivity index (χ0n) is 11.5. The molecule has 0 bridgehead atoms. The maximum Gasteiger partial charge on any atom is 0.220 e. The Morgan fingerprint density at radius 1 is 1.15 bits per heavy atom. The van der Waals surface area contributed by atoms with Gasteiger partial charge in [-0.3, -0.25) is 4.79 Å². The van der Waals surface area contributed by atoms with Crippen LogP contribution < -0.4 is 5.32 Å². The molecule has 106 valence electrons. The van der Waals surface area contributed by atoms with Crippen molar-refractivity contribution in [1.29, 1.82) is 0 Å². The molecule has 0 spiro atoms. The lowest BCUT2D eigenvalue weighted by molar-refractivity contribution is -0.121. The molecule has 1 aromatic heterocycles. The van der Waals surface area contributed by atoms with Crippen LogP contribution in [0.15, 0.2) is 40.2 Å². The minimum absolute atomic E-state index is 0.126. The molecule has 0 unspecified atom stereocenters. The van der Waals surface area contributed by atoms with Crippen LogP contribution in [0.3, 0.4) is 0 Å². The van der Waals surface area contributed by atoms with Crippen molar-refractivity contribution in [2.45, 2.75) is 26.2 Å². The third-order valence-corrected chi connectivity index (χ3v) is 4.77. The average Bonchev–Trinajstić information content (AvgIpc) is 2.84. The predicted molar refractivity (Wildman–Crippen MR) is 88.2 cm³/mol. The molecule has 2 aromatic rings. The molecule has 0 saturated heterocycles. The van der Waals surface area contributed by atoms with E-state index in [1.807, 2.05) is 6.07 Å². The number of carbonyl (C=O) groups excluding carboxylic acids is 1. The van der Waals surface area contributed by atoms with Gasteiger partial charge < -0.3 is 5.32 Å². The molecule has 4 heteroatoms. The molecule has 1 amide bonds. The van der Waals surface area contributed by atoms with E-state index in [2.05, 4.69) is 58.5 Å². The van der Waals surface area contributed by atoms with Crippen molar-refractivity contribution >= 4 is 33.2 Å². The second-order valence-electron chi connectivity index (χ2n) is 4.79. The zero-order valence-corrected chi connectivity index (χ0v) is 13.9. The molecular formula is C16H18BrNOS. The highest BCUT2D eigenvalue weighted by molar-refractivity contribution is 9.11. The first-order valence-corrected chi connectivity index (χ1v) is 8.31. The van der Waals surface area contributed by atoms with E-state index in [9.17, 15) is 4.79 Å². The fraction of sp³-hybridized carbons (Fsp3) is 0.312. The lowest BCUT2D eigenvalue weighted by atomic mass is 10.1. The van der Waals surface area contributed by atoms with Crippen molar-refractivity contribution in [3.63, 3.8) is 0 Å². The van der Waals surface area contributed by atoms with Crippen molar-refractivity contribution in [3.8, 4) is 0 Å². The molecule has 0 aliphatic carbocycles. The molecule has 0 radical (unpaired) electrons. The van der Waals surface area contributed by atoms with Gasteiger partial charge in [-0.25, -0.2) is 0 Å². The van der Waals surface area contributed by atoms with E-state index in [0.717, 1.165) is 16.6 Å². The van der Waals surface area contributed by atoms with Gasteiger partial charge in [0.1, 0.15) is 0 Å². The Morgan fingerprint density at radius 3 is 2.55 bits per heavy atom. The van der Waals surface area contributed by atoms with Crippen LogP contribution in [0, 0.1) is 6.92 Å². The molecule has 0 atom stereocenters. The summed E-state index contributed by atoms with van der Waals surface area (Å²) in [6, 6.07) is 12.5. The number of rotatable bonds is 6. The first-order chi connectivity index (χ1) is 9.63. The number of aryl methyl sites for hydroxylation is 2. The molecule has 0 aliphatic rings. The van der Waals surface area contributed by atoms with Crippen molar-refractivity contribution in [2.75, 3.05) is 6.54 Å². The van der Waals surface area contributed by atoms with Crippen molar-refractivity contribution in [2.24, 2.45) is 0 Å². The van der Waals surface area contributed by atoms with Crippen molar-refractivity contribution < 1.29 is 4.79 Å². The number of hydrogen-bond donors (Lipinski definition) is 1. The van der Waals surface area contributed by atoms with E-state index in [1.54, 1.807) is 11.3 Å². The van der Waals surface area contributed by atoms with Gasteiger partial charge in [0.15, 0.2) is 0 Å². The Balaban J connectivity index is 1.66. The standard InChI is InChI=1S/C16H18BrNOS/c1-12-2-4-13(5-3-12)6-9-16(19)18-11-10-14-7-8-15(17)20-14/h2-5,7-8H,6,9-11H2,1H3,(H,18,19). The Labute approximate surface area is 132 Å². The van der Waals surface area contributed by atoms with Crippen LogP contribution in [0.1, 0.15) is 22.4 Å². The summed E-state index contributed by atoms with van der Waals surface area (Å²) in [5, 5.41) is 2.97. The molecule has 0 aliphatic heterocycles. The topological polar surface area (TPSA) is 29.1 Å². The Kier molecular flexibility index (Phi) is 5.80. The van der Waals surface area contributed by atoms with Gasteiger partial charge in [-0.15, -0.1) is 11.3 Å². The fourth-order valence-corrected chi connectivity index (χ4v) is 3.39. The van der Waals surface area contributed by atoms with Crippen molar-refractivity contribution in [3.05, 3.63) is 56.2 Å². The quantitative estimate of drug-likeness (QED) is 0.833. The summed E-state index contributed by atoms with van der Waals surface area (Å²) in [7, 11) is 0. The van der Waals surface area contributed by atoms with Gasteiger partial charge >= 0.3 is 0 Å². The second kappa shape index (κ2) is 7.60. The van der Waals surface area contributed by atoms with Crippen LogP contribution >= 0.6 is 27.3 Å². The number of nitrogens with one attached hydrogen (secondary N) is 1. The fourth-order valence-electron chi connectivity index (χ4n) is 1.91. The maximum absolute atomic E-state index is 11.8. The number of amides is 1. The van der Waals surface area contributed by atoms with Gasteiger partial charge in [0, 0.05) is 17.8 Å². The number of halogens is 1. The Bertz CT molecular complexity index is 562. The molecule has 20 heavy (non-hydrogen) atoms. The van der Waals surface area contributed by atoms with E-state index < -0.39 is 0 Å². The van der Waals surface area contributed by atoms with Crippen LogP contribution in [-0.4, -0.2) is 12.5 Å². The van der Waals surface area contributed by atoms with Gasteiger partial charge in [-0.05, 0) is 53.4 Å². The van der Waals surface area contributed by atoms with Gasteiger partial charge in [0.25, 0.3) is 0 Å². The molecular weight excluding hydrogens is 334 g/mol. The van der Waals surface area contributed by atoms with Gasteiger partial charge in [0.05, 0.1) is 3.79 Å². The van der Waals surface area contributed by atoms with Gasteiger partial charge in [0.2, 0.25) is 5.91 Å². The highest BCUT2D eigenvalue weighted by atomic mass is 79.9. The Morgan fingerprint density at radius 2 is 1.90 bits per heavy atom. The number of carbonyl (C=O) groups is 1.